The fourth-order valence-electron chi connectivity index (χ4n) is 2.60. The summed E-state index contributed by atoms with van der Waals surface area (Å²) in [6, 6.07) is 2.73. The molecule has 0 aliphatic heterocycles. The quantitative estimate of drug-likeness (QED) is 0.807. The van der Waals surface area contributed by atoms with Gasteiger partial charge in [0.1, 0.15) is 5.82 Å². The molecule has 1 aromatic rings. The van der Waals surface area contributed by atoms with E-state index >= 15 is 0 Å². The Balaban J connectivity index is 2.42. The normalized spacial score (nSPS) is 15.8. The van der Waals surface area contributed by atoms with E-state index in [2.05, 4.69) is 0 Å². The number of sulfonamides is 1. The summed E-state index contributed by atoms with van der Waals surface area (Å²) in [5.74, 6) is -0.384. The van der Waals surface area contributed by atoms with E-state index < -0.39 is 10.0 Å². The molecule has 1 fully saturated rings. The molecule has 0 spiro atoms. The van der Waals surface area contributed by atoms with Crippen LogP contribution in [0.1, 0.15) is 43.7 Å². The fraction of sp³-hybridized carbons (Fsp3) is 0.600. The molecule has 0 radical (unpaired) electrons. The highest BCUT2D eigenvalue weighted by atomic mass is 32.2. The third-order valence-electron chi connectivity index (χ3n) is 3.68. The summed E-state index contributed by atoms with van der Waals surface area (Å²) in [6.45, 7) is 5.92. The van der Waals surface area contributed by atoms with Gasteiger partial charge in [0.25, 0.3) is 0 Å². The first kappa shape index (κ1) is 15.4. The summed E-state index contributed by atoms with van der Waals surface area (Å²) in [5, 5.41) is 0. The van der Waals surface area contributed by atoms with Gasteiger partial charge in [0.05, 0.1) is 4.90 Å². The Morgan fingerprint density at radius 2 is 1.80 bits per heavy atom. The molecule has 0 saturated heterocycles. The molecule has 0 amide bonds. The molecule has 0 aromatic heterocycles. The summed E-state index contributed by atoms with van der Waals surface area (Å²) < 4.78 is 40.7. The van der Waals surface area contributed by atoms with Gasteiger partial charge in [-0.15, -0.1) is 0 Å². The van der Waals surface area contributed by atoms with Crippen LogP contribution in [0.25, 0.3) is 0 Å². The highest BCUT2D eigenvalue weighted by molar-refractivity contribution is 7.89. The van der Waals surface area contributed by atoms with Gasteiger partial charge in [-0.2, -0.15) is 4.31 Å². The van der Waals surface area contributed by atoms with Gasteiger partial charge in [-0.05, 0) is 56.4 Å². The van der Waals surface area contributed by atoms with Gasteiger partial charge in [-0.1, -0.05) is 13.3 Å². The third kappa shape index (κ3) is 3.04. The maximum absolute atomic E-state index is 13.4. The monoisotopic (exact) mass is 299 g/mol. The lowest BCUT2D eigenvalue weighted by molar-refractivity contribution is 0.395. The maximum Gasteiger partial charge on any atom is 0.243 e. The highest BCUT2D eigenvalue weighted by Crippen LogP contribution is 2.34. The van der Waals surface area contributed by atoms with Gasteiger partial charge < -0.3 is 0 Å². The zero-order chi connectivity index (χ0) is 14.9. The molecule has 0 bridgehead atoms. The second kappa shape index (κ2) is 5.82. The van der Waals surface area contributed by atoms with E-state index in [0.717, 1.165) is 25.7 Å². The SMILES string of the molecule is CCCCN(C1CC1)S(=O)(=O)c1c(C)cc(F)cc1C. The van der Waals surface area contributed by atoms with E-state index in [0.29, 0.717) is 17.7 Å². The Morgan fingerprint density at radius 3 is 2.25 bits per heavy atom. The molecular formula is C15H22FNO2S. The zero-order valence-corrected chi connectivity index (χ0v) is 13.1. The van der Waals surface area contributed by atoms with E-state index in [4.69, 9.17) is 0 Å². The molecule has 20 heavy (non-hydrogen) atoms. The molecule has 0 heterocycles. The predicted molar refractivity (Wildman–Crippen MR) is 77.7 cm³/mol. The second-order valence-corrected chi connectivity index (χ2v) is 7.40. The van der Waals surface area contributed by atoms with Crippen molar-refractivity contribution in [2.75, 3.05) is 6.54 Å². The Kier molecular flexibility index (Phi) is 4.49. The van der Waals surface area contributed by atoms with Crippen molar-refractivity contribution >= 4 is 10.0 Å². The molecule has 1 aliphatic rings. The summed E-state index contributed by atoms with van der Waals surface area (Å²) >= 11 is 0. The van der Waals surface area contributed by atoms with Crippen molar-refractivity contribution in [2.45, 2.75) is 57.4 Å². The number of halogens is 1. The number of hydrogen-bond donors (Lipinski definition) is 0. The van der Waals surface area contributed by atoms with Crippen molar-refractivity contribution in [3.05, 3.63) is 29.1 Å². The molecule has 112 valence electrons. The third-order valence-corrected chi connectivity index (χ3v) is 5.94. The lowest BCUT2D eigenvalue weighted by Gasteiger charge is -2.24. The van der Waals surface area contributed by atoms with E-state index in [9.17, 15) is 12.8 Å². The highest BCUT2D eigenvalue weighted by Gasteiger charge is 2.38. The minimum absolute atomic E-state index is 0.135. The molecule has 3 nitrogen and oxygen atoms in total. The Labute approximate surface area is 120 Å². The molecule has 0 atom stereocenters. The number of unbranched alkanes of at least 4 members (excludes halogenated alkanes) is 1. The van der Waals surface area contributed by atoms with Crippen LogP contribution < -0.4 is 0 Å². The Bertz CT molecular complexity index is 571. The first-order chi connectivity index (χ1) is 9.37. The van der Waals surface area contributed by atoms with E-state index in [1.54, 1.807) is 18.2 Å². The van der Waals surface area contributed by atoms with Crippen LogP contribution in [0, 0.1) is 19.7 Å². The largest absolute Gasteiger partial charge is 0.243 e. The van der Waals surface area contributed by atoms with Crippen LogP contribution in [0.5, 0.6) is 0 Å². The molecule has 2 rings (SSSR count). The van der Waals surface area contributed by atoms with Crippen molar-refractivity contribution in [1.29, 1.82) is 0 Å². The molecule has 1 aliphatic carbocycles. The molecule has 1 saturated carbocycles. The van der Waals surface area contributed by atoms with Crippen molar-refractivity contribution in [3.8, 4) is 0 Å². The lowest BCUT2D eigenvalue weighted by atomic mass is 10.1. The van der Waals surface area contributed by atoms with E-state index in [1.165, 1.54) is 12.1 Å². The van der Waals surface area contributed by atoms with Gasteiger partial charge in [-0.3, -0.25) is 0 Å². The molecular weight excluding hydrogens is 277 g/mol. The smallest absolute Gasteiger partial charge is 0.207 e. The van der Waals surface area contributed by atoms with Crippen molar-refractivity contribution in [3.63, 3.8) is 0 Å². The predicted octanol–water partition coefficient (Wildman–Crippen LogP) is 3.40. The number of aryl methyl sites for hydroxylation is 2. The van der Waals surface area contributed by atoms with Gasteiger partial charge in [0.2, 0.25) is 10.0 Å². The van der Waals surface area contributed by atoms with Crippen LogP contribution in [-0.2, 0) is 10.0 Å². The Hall–Kier alpha value is -0.940. The minimum Gasteiger partial charge on any atom is -0.207 e. The molecule has 1 aromatic carbocycles. The second-order valence-electron chi connectivity index (χ2n) is 5.57. The van der Waals surface area contributed by atoms with Gasteiger partial charge in [0.15, 0.2) is 0 Å². The van der Waals surface area contributed by atoms with Crippen molar-refractivity contribution < 1.29 is 12.8 Å². The van der Waals surface area contributed by atoms with E-state index in [1.807, 2.05) is 6.92 Å². The number of nitrogens with zero attached hydrogens (tertiary/aromatic N) is 1. The van der Waals surface area contributed by atoms with E-state index in [-0.39, 0.29) is 16.8 Å². The summed E-state index contributed by atoms with van der Waals surface area (Å²) in [5.41, 5.74) is 0.981. The van der Waals surface area contributed by atoms with Gasteiger partial charge in [0, 0.05) is 12.6 Å². The topological polar surface area (TPSA) is 37.4 Å². The average molecular weight is 299 g/mol. The van der Waals surface area contributed by atoms with Crippen LogP contribution in [0.2, 0.25) is 0 Å². The van der Waals surface area contributed by atoms with Crippen LogP contribution in [0.3, 0.4) is 0 Å². The van der Waals surface area contributed by atoms with Crippen LogP contribution >= 0.6 is 0 Å². The number of rotatable bonds is 6. The number of hydrogen-bond acceptors (Lipinski definition) is 2. The first-order valence-corrected chi connectivity index (χ1v) is 8.60. The van der Waals surface area contributed by atoms with Gasteiger partial charge in [-0.25, -0.2) is 12.8 Å². The van der Waals surface area contributed by atoms with Crippen molar-refractivity contribution in [2.24, 2.45) is 0 Å². The molecule has 5 heteroatoms. The van der Waals surface area contributed by atoms with Crippen molar-refractivity contribution in [1.82, 2.24) is 4.31 Å². The molecule has 0 unspecified atom stereocenters. The molecule has 0 N–H and O–H groups in total. The van der Waals surface area contributed by atoms with Crippen LogP contribution in [0.15, 0.2) is 17.0 Å². The number of benzene rings is 1. The standard InChI is InChI=1S/C15H22FNO2S/c1-4-5-8-17(14-6-7-14)20(18,19)15-11(2)9-13(16)10-12(15)3/h9-10,14H,4-8H2,1-3H3. The summed E-state index contributed by atoms with van der Waals surface area (Å²) in [4.78, 5) is 0.280. The minimum atomic E-state index is -3.52. The van der Waals surface area contributed by atoms with Gasteiger partial charge >= 0.3 is 0 Å². The van der Waals surface area contributed by atoms with Crippen LogP contribution in [0.4, 0.5) is 4.39 Å². The fourth-order valence-corrected chi connectivity index (χ4v) is 4.74. The van der Waals surface area contributed by atoms with Crippen LogP contribution in [-0.4, -0.2) is 25.3 Å². The summed E-state index contributed by atoms with van der Waals surface area (Å²) in [7, 11) is -3.52. The Morgan fingerprint density at radius 1 is 1.25 bits per heavy atom. The maximum atomic E-state index is 13.4. The average Bonchev–Trinajstić information content (AvgIpc) is 3.11. The summed E-state index contributed by atoms with van der Waals surface area (Å²) in [6.07, 6.45) is 3.68. The lowest BCUT2D eigenvalue weighted by Crippen LogP contribution is -2.35. The first-order valence-electron chi connectivity index (χ1n) is 7.16. The zero-order valence-electron chi connectivity index (χ0n) is 12.3.